The summed E-state index contributed by atoms with van der Waals surface area (Å²) in [6.07, 6.45) is 9.75. The summed E-state index contributed by atoms with van der Waals surface area (Å²) in [5, 5.41) is 11.4. The Hall–Kier alpha value is -2.96. The van der Waals surface area contributed by atoms with E-state index in [2.05, 4.69) is 57.2 Å². The summed E-state index contributed by atoms with van der Waals surface area (Å²) in [5.41, 5.74) is 2.34. The third kappa shape index (κ3) is 6.12. The van der Waals surface area contributed by atoms with Gasteiger partial charge in [0.05, 0.1) is 5.52 Å². The van der Waals surface area contributed by atoms with Gasteiger partial charge >= 0.3 is 5.97 Å². The van der Waals surface area contributed by atoms with Crippen LogP contribution < -0.4 is 4.74 Å². The lowest BCUT2D eigenvalue weighted by Crippen LogP contribution is -2.46. The molecule has 1 aromatic heterocycles. The van der Waals surface area contributed by atoms with Gasteiger partial charge in [-0.15, -0.1) is 0 Å². The van der Waals surface area contributed by atoms with Crippen molar-refractivity contribution in [1.82, 2.24) is 14.8 Å². The van der Waals surface area contributed by atoms with E-state index in [1.165, 1.54) is 24.8 Å². The van der Waals surface area contributed by atoms with Crippen LogP contribution >= 0.6 is 0 Å². The van der Waals surface area contributed by atoms with Crippen molar-refractivity contribution in [3.05, 3.63) is 72.4 Å². The van der Waals surface area contributed by atoms with Crippen LogP contribution in [0.5, 0.6) is 5.75 Å². The highest BCUT2D eigenvalue weighted by Gasteiger charge is 2.43. The second-order valence-electron chi connectivity index (χ2n) is 11.9. The standard InChI is InChI=1S/C33H41N3O3/c37-33(38)32(25-10-5-2-6-11-25)36-22-27(30(23-36)24-8-3-1-4-9-24)21-35-18-15-28(16-19-35)39-29-13-14-31-26(20-29)12-7-17-34-31/h1,3-4,7-9,12-14,17,20,25,27-28,30,32H,2,5-6,10-11,15-16,18-19,21-23H2,(H,37,38)/t27-,30+,32+/m0/s1. The van der Waals surface area contributed by atoms with Crippen molar-refractivity contribution in [2.45, 2.75) is 63.0 Å². The highest BCUT2D eigenvalue weighted by Crippen LogP contribution is 2.38. The predicted molar refractivity (Wildman–Crippen MR) is 154 cm³/mol. The number of aromatic nitrogens is 1. The lowest BCUT2D eigenvalue weighted by Gasteiger charge is -2.35. The van der Waals surface area contributed by atoms with Crippen LogP contribution in [0.2, 0.25) is 0 Å². The van der Waals surface area contributed by atoms with Crippen molar-refractivity contribution in [1.29, 1.82) is 0 Å². The van der Waals surface area contributed by atoms with Gasteiger partial charge in [-0.3, -0.25) is 14.7 Å². The first-order valence-electron chi connectivity index (χ1n) is 14.9. The van der Waals surface area contributed by atoms with Crippen LogP contribution in [0, 0.1) is 11.8 Å². The summed E-state index contributed by atoms with van der Waals surface area (Å²) in [6.45, 7) is 4.76. The molecule has 3 fully saturated rings. The number of hydrogen-bond acceptors (Lipinski definition) is 5. The van der Waals surface area contributed by atoms with Crippen LogP contribution in [-0.2, 0) is 4.79 Å². The minimum atomic E-state index is -0.628. The number of rotatable bonds is 8. The molecular weight excluding hydrogens is 486 g/mol. The van der Waals surface area contributed by atoms with Crippen molar-refractivity contribution < 1.29 is 14.6 Å². The van der Waals surface area contributed by atoms with Gasteiger partial charge in [0.2, 0.25) is 0 Å². The number of pyridine rings is 1. The molecule has 2 aliphatic heterocycles. The van der Waals surface area contributed by atoms with Gasteiger partial charge in [0.15, 0.2) is 0 Å². The summed E-state index contributed by atoms with van der Waals surface area (Å²) in [5.74, 6) is 1.38. The Morgan fingerprint density at radius 2 is 1.74 bits per heavy atom. The van der Waals surface area contributed by atoms with Crippen LogP contribution in [0.25, 0.3) is 10.9 Å². The summed E-state index contributed by atoms with van der Waals surface area (Å²) >= 11 is 0. The van der Waals surface area contributed by atoms with Crippen molar-refractivity contribution in [3.8, 4) is 5.75 Å². The first-order chi connectivity index (χ1) is 19.1. The molecule has 1 aliphatic carbocycles. The molecule has 3 aromatic rings. The molecule has 0 spiro atoms. The topological polar surface area (TPSA) is 65.9 Å². The largest absolute Gasteiger partial charge is 0.490 e. The van der Waals surface area contributed by atoms with E-state index in [0.29, 0.717) is 11.8 Å². The van der Waals surface area contributed by atoms with Crippen LogP contribution in [0.15, 0.2) is 66.9 Å². The van der Waals surface area contributed by atoms with Crippen LogP contribution in [0.3, 0.4) is 0 Å². The van der Waals surface area contributed by atoms with E-state index in [1.807, 2.05) is 24.4 Å². The van der Waals surface area contributed by atoms with Gasteiger partial charge in [0, 0.05) is 50.2 Å². The molecule has 1 saturated carbocycles. The molecule has 2 saturated heterocycles. The number of fused-ring (bicyclic) bond motifs is 1. The fraction of sp³-hybridized carbons (Fsp3) is 0.515. The number of nitrogens with zero attached hydrogens (tertiary/aromatic N) is 3. The molecule has 6 heteroatoms. The SMILES string of the molecule is O=C(O)[C@@H](C1CCCCC1)N1C[C@H](CN2CCC(Oc3ccc4ncccc4c3)CC2)[C@@H](c2ccccc2)C1. The van der Waals surface area contributed by atoms with E-state index in [-0.39, 0.29) is 18.1 Å². The summed E-state index contributed by atoms with van der Waals surface area (Å²) in [6, 6.07) is 20.6. The fourth-order valence-electron chi connectivity index (χ4n) is 7.36. The second-order valence-corrected chi connectivity index (χ2v) is 11.9. The zero-order chi connectivity index (χ0) is 26.6. The molecule has 0 radical (unpaired) electrons. The van der Waals surface area contributed by atoms with Crippen LogP contribution in [-0.4, -0.2) is 70.7 Å². The molecule has 0 bridgehead atoms. The third-order valence-corrected chi connectivity index (χ3v) is 9.34. The maximum Gasteiger partial charge on any atom is 0.321 e. The Morgan fingerprint density at radius 1 is 0.949 bits per heavy atom. The number of benzene rings is 2. The van der Waals surface area contributed by atoms with E-state index in [1.54, 1.807) is 0 Å². The predicted octanol–water partition coefficient (Wildman–Crippen LogP) is 5.83. The maximum absolute atomic E-state index is 12.5. The molecule has 2 aromatic carbocycles. The number of piperidine rings is 1. The smallest absolute Gasteiger partial charge is 0.321 e. The van der Waals surface area contributed by atoms with Crippen molar-refractivity contribution in [2.24, 2.45) is 11.8 Å². The lowest BCUT2D eigenvalue weighted by molar-refractivity contribution is -0.145. The molecule has 39 heavy (non-hydrogen) atoms. The van der Waals surface area contributed by atoms with Gasteiger partial charge in [-0.1, -0.05) is 55.7 Å². The molecule has 6 rings (SSSR count). The van der Waals surface area contributed by atoms with Crippen molar-refractivity contribution >= 4 is 16.9 Å². The number of carboxylic acid groups (broad SMARTS) is 1. The number of carboxylic acids is 1. The number of carbonyl (C=O) groups is 1. The maximum atomic E-state index is 12.5. The Balaban J connectivity index is 1.10. The molecular formula is C33H41N3O3. The Morgan fingerprint density at radius 3 is 2.51 bits per heavy atom. The normalized spacial score (nSPS) is 24.6. The molecule has 1 N–H and O–H groups in total. The molecule has 6 nitrogen and oxygen atoms in total. The minimum absolute atomic E-state index is 0.225. The Labute approximate surface area is 232 Å². The van der Waals surface area contributed by atoms with Crippen molar-refractivity contribution in [2.75, 3.05) is 32.7 Å². The minimum Gasteiger partial charge on any atom is -0.490 e. The summed E-state index contributed by atoms with van der Waals surface area (Å²) in [4.78, 5) is 21.8. The van der Waals surface area contributed by atoms with E-state index in [0.717, 1.165) is 75.1 Å². The summed E-state index contributed by atoms with van der Waals surface area (Å²) < 4.78 is 6.39. The fourth-order valence-corrected chi connectivity index (χ4v) is 7.36. The molecule has 0 amide bonds. The summed E-state index contributed by atoms with van der Waals surface area (Å²) in [7, 11) is 0. The molecule has 0 unspecified atom stereocenters. The van der Waals surface area contributed by atoms with Gasteiger partial charge in [-0.05, 0) is 67.3 Å². The highest BCUT2D eigenvalue weighted by atomic mass is 16.5. The monoisotopic (exact) mass is 527 g/mol. The zero-order valence-electron chi connectivity index (χ0n) is 22.8. The van der Waals surface area contributed by atoms with Gasteiger partial charge in [-0.25, -0.2) is 0 Å². The average Bonchev–Trinajstić information content (AvgIpc) is 3.38. The molecule has 206 valence electrons. The van der Waals surface area contributed by atoms with E-state index >= 15 is 0 Å². The zero-order valence-corrected chi connectivity index (χ0v) is 22.8. The van der Waals surface area contributed by atoms with Crippen molar-refractivity contribution in [3.63, 3.8) is 0 Å². The quantitative estimate of drug-likeness (QED) is 0.398. The van der Waals surface area contributed by atoms with E-state index in [9.17, 15) is 9.90 Å². The molecule has 3 atom stereocenters. The average molecular weight is 528 g/mol. The Bertz CT molecular complexity index is 1240. The number of ether oxygens (including phenoxy) is 1. The molecule has 3 heterocycles. The first kappa shape index (κ1) is 26.3. The molecule has 3 aliphatic rings. The van der Waals surface area contributed by atoms with Crippen LogP contribution in [0.1, 0.15) is 56.4 Å². The van der Waals surface area contributed by atoms with Crippen LogP contribution in [0.4, 0.5) is 0 Å². The van der Waals surface area contributed by atoms with Gasteiger partial charge in [0.25, 0.3) is 0 Å². The van der Waals surface area contributed by atoms with Gasteiger partial charge in [-0.2, -0.15) is 0 Å². The number of hydrogen-bond donors (Lipinski definition) is 1. The highest BCUT2D eigenvalue weighted by molar-refractivity contribution is 5.79. The van der Waals surface area contributed by atoms with E-state index < -0.39 is 5.97 Å². The first-order valence-corrected chi connectivity index (χ1v) is 14.9. The Kier molecular flexibility index (Phi) is 8.12. The van der Waals surface area contributed by atoms with Gasteiger partial charge in [0.1, 0.15) is 17.9 Å². The lowest BCUT2D eigenvalue weighted by atomic mass is 9.83. The van der Waals surface area contributed by atoms with Gasteiger partial charge < -0.3 is 14.7 Å². The third-order valence-electron chi connectivity index (χ3n) is 9.34. The number of aliphatic carboxylic acids is 1. The number of likely N-dealkylation sites (tertiary alicyclic amines) is 2. The second kappa shape index (κ2) is 12.1. The van der Waals surface area contributed by atoms with E-state index in [4.69, 9.17) is 4.74 Å².